The van der Waals surface area contributed by atoms with Gasteiger partial charge < -0.3 is 5.11 Å². The summed E-state index contributed by atoms with van der Waals surface area (Å²) in [6, 6.07) is 0.232. The van der Waals surface area contributed by atoms with Gasteiger partial charge in [0.05, 0.1) is 12.5 Å². The minimum Gasteiger partial charge on any atom is -0.480 e. The van der Waals surface area contributed by atoms with E-state index in [4.69, 9.17) is 10.4 Å². The summed E-state index contributed by atoms with van der Waals surface area (Å²) in [4.78, 5) is 11.0. The third-order valence-corrected chi connectivity index (χ3v) is 4.52. The van der Waals surface area contributed by atoms with Crippen LogP contribution in [0, 0.1) is 11.3 Å². The molecule has 19 heavy (non-hydrogen) atoms. The van der Waals surface area contributed by atoms with Crippen molar-refractivity contribution in [3.05, 3.63) is 0 Å². The predicted octanol–water partition coefficient (Wildman–Crippen LogP) is 0.698. The van der Waals surface area contributed by atoms with Gasteiger partial charge in [-0.05, 0) is 13.3 Å². The Labute approximate surface area is 114 Å². The summed E-state index contributed by atoms with van der Waals surface area (Å²) in [6.45, 7) is 3.48. The molecule has 0 bridgehead atoms. The normalized spacial score (nSPS) is 14.9. The van der Waals surface area contributed by atoms with E-state index >= 15 is 0 Å². The van der Waals surface area contributed by atoms with E-state index < -0.39 is 28.3 Å². The first-order chi connectivity index (χ1) is 8.76. The van der Waals surface area contributed by atoms with Gasteiger partial charge in [0, 0.05) is 13.1 Å². The molecule has 0 spiro atoms. The van der Waals surface area contributed by atoms with Gasteiger partial charge in [-0.3, -0.25) is 4.79 Å². The highest BCUT2D eigenvalue weighted by Crippen LogP contribution is 2.08. The van der Waals surface area contributed by atoms with Gasteiger partial charge in [-0.2, -0.15) is 22.7 Å². The molecular weight excluding hydrogens is 270 g/mol. The Balaban J connectivity index is 4.81. The molecule has 0 saturated heterocycles. The van der Waals surface area contributed by atoms with Gasteiger partial charge >= 0.3 is 5.97 Å². The fourth-order valence-corrected chi connectivity index (χ4v) is 2.69. The van der Waals surface area contributed by atoms with Crippen molar-refractivity contribution in [3.63, 3.8) is 0 Å². The van der Waals surface area contributed by atoms with Crippen LogP contribution in [0.1, 0.15) is 39.5 Å². The lowest BCUT2D eigenvalue weighted by Gasteiger charge is -2.24. The fourth-order valence-electron chi connectivity index (χ4n) is 1.40. The van der Waals surface area contributed by atoms with E-state index in [1.807, 2.05) is 13.0 Å². The molecule has 0 fully saturated rings. The Kier molecular flexibility index (Phi) is 7.59. The summed E-state index contributed by atoms with van der Waals surface area (Å²) >= 11 is 0. The molecule has 7 nitrogen and oxygen atoms in total. The summed E-state index contributed by atoms with van der Waals surface area (Å²) < 4.78 is 27.1. The number of hydrogen-bond acceptors (Lipinski definition) is 4. The number of nitriles is 1. The van der Waals surface area contributed by atoms with Gasteiger partial charge in [0.15, 0.2) is 0 Å². The average molecular weight is 291 g/mol. The van der Waals surface area contributed by atoms with Crippen LogP contribution in [0.2, 0.25) is 0 Å². The molecule has 2 atom stereocenters. The van der Waals surface area contributed by atoms with E-state index in [-0.39, 0.29) is 12.8 Å². The number of hydrogen-bond donors (Lipinski definition) is 2. The molecule has 110 valence electrons. The van der Waals surface area contributed by atoms with Gasteiger partial charge in [0.1, 0.15) is 6.04 Å². The number of nitrogens with zero attached hydrogens (tertiary/aromatic N) is 2. The van der Waals surface area contributed by atoms with Gasteiger partial charge in [0.2, 0.25) is 0 Å². The lowest BCUT2D eigenvalue weighted by molar-refractivity contribution is -0.139. The van der Waals surface area contributed by atoms with Gasteiger partial charge in [-0.25, -0.2) is 0 Å². The third kappa shape index (κ3) is 6.00. The molecule has 0 aliphatic carbocycles. The topological polar surface area (TPSA) is 111 Å². The minimum atomic E-state index is -3.90. The molecule has 2 unspecified atom stereocenters. The largest absolute Gasteiger partial charge is 0.480 e. The molecular formula is C11H21N3O4S. The zero-order chi connectivity index (χ0) is 15.1. The maximum absolute atomic E-state index is 12.0. The minimum absolute atomic E-state index is 0.0457. The number of unbranched alkanes of at least 4 members (excludes halogenated alkanes) is 1. The lowest BCUT2D eigenvalue weighted by Crippen LogP contribution is -2.49. The molecule has 0 radical (unpaired) electrons. The second-order valence-electron chi connectivity index (χ2n) is 4.38. The highest BCUT2D eigenvalue weighted by molar-refractivity contribution is 7.87. The summed E-state index contributed by atoms with van der Waals surface area (Å²) in [6.07, 6.45) is 1.69. The SMILES string of the molecule is CCCCC(NS(=O)(=O)N(C)C(C)CC#N)C(=O)O. The van der Waals surface area contributed by atoms with Crippen molar-refractivity contribution >= 4 is 16.2 Å². The first-order valence-corrected chi connectivity index (χ1v) is 7.55. The number of aliphatic carboxylic acids is 1. The van der Waals surface area contributed by atoms with Gasteiger partial charge in [-0.1, -0.05) is 19.8 Å². The van der Waals surface area contributed by atoms with E-state index in [1.54, 1.807) is 6.92 Å². The lowest BCUT2D eigenvalue weighted by atomic mass is 10.1. The third-order valence-electron chi connectivity index (χ3n) is 2.82. The molecule has 0 aliphatic rings. The molecule has 0 aromatic carbocycles. The molecule has 0 amide bonds. The maximum atomic E-state index is 12.0. The maximum Gasteiger partial charge on any atom is 0.321 e. The Morgan fingerprint density at radius 1 is 1.53 bits per heavy atom. The second-order valence-corrected chi connectivity index (χ2v) is 6.15. The highest BCUT2D eigenvalue weighted by Gasteiger charge is 2.28. The first-order valence-electron chi connectivity index (χ1n) is 6.11. The first kappa shape index (κ1) is 17.8. The van der Waals surface area contributed by atoms with E-state index in [0.29, 0.717) is 6.42 Å². The van der Waals surface area contributed by atoms with Crippen LogP contribution in [0.3, 0.4) is 0 Å². The number of carbonyl (C=O) groups is 1. The van der Waals surface area contributed by atoms with E-state index in [1.165, 1.54) is 7.05 Å². The van der Waals surface area contributed by atoms with Crippen molar-refractivity contribution in [1.29, 1.82) is 5.26 Å². The quantitative estimate of drug-likeness (QED) is 0.649. The smallest absolute Gasteiger partial charge is 0.321 e. The van der Waals surface area contributed by atoms with Crippen LogP contribution in [-0.2, 0) is 15.0 Å². The van der Waals surface area contributed by atoms with Crippen molar-refractivity contribution in [3.8, 4) is 6.07 Å². The summed E-state index contributed by atoms with van der Waals surface area (Å²) in [5.41, 5.74) is 0. The zero-order valence-electron chi connectivity index (χ0n) is 11.5. The predicted molar refractivity (Wildman–Crippen MR) is 70.5 cm³/mol. The highest BCUT2D eigenvalue weighted by atomic mass is 32.2. The van der Waals surface area contributed by atoms with Crippen LogP contribution in [0.25, 0.3) is 0 Å². The molecule has 2 N–H and O–H groups in total. The molecule has 0 aliphatic heterocycles. The number of rotatable bonds is 9. The van der Waals surface area contributed by atoms with Crippen molar-refractivity contribution in [1.82, 2.24) is 9.03 Å². The van der Waals surface area contributed by atoms with E-state index in [0.717, 1.165) is 10.7 Å². The fraction of sp³-hybridized carbons (Fsp3) is 0.818. The molecule has 0 aromatic rings. The van der Waals surface area contributed by atoms with Crippen molar-refractivity contribution in [2.24, 2.45) is 0 Å². The summed E-state index contributed by atoms with van der Waals surface area (Å²) in [5.74, 6) is -1.20. The molecule has 0 rings (SSSR count). The van der Waals surface area contributed by atoms with E-state index in [9.17, 15) is 13.2 Å². The Bertz CT molecular complexity index is 430. The monoisotopic (exact) mass is 291 g/mol. The molecule has 0 saturated carbocycles. The van der Waals surface area contributed by atoms with Gasteiger partial charge in [0.25, 0.3) is 10.2 Å². The van der Waals surface area contributed by atoms with E-state index in [2.05, 4.69) is 4.72 Å². The number of nitrogens with one attached hydrogen (secondary N) is 1. The van der Waals surface area contributed by atoms with Crippen LogP contribution in [-0.4, -0.2) is 42.9 Å². The molecule has 0 heterocycles. The van der Waals surface area contributed by atoms with Crippen LogP contribution >= 0.6 is 0 Å². The Morgan fingerprint density at radius 3 is 2.53 bits per heavy atom. The van der Waals surface area contributed by atoms with Gasteiger partial charge in [-0.15, -0.1) is 0 Å². The van der Waals surface area contributed by atoms with Crippen LogP contribution in [0.5, 0.6) is 0 Å². The van der Waals surface area contributed by atoms with Crippen molar-refractivity contribution < 1.29 is 18.3 Å². The summed E-state index contributed by atoms with van der Waals surface area (Å²) in [7, 11) is -2.58. The Hall–Kier alpha value is -1.17. The number of carboxylic acid groups (broad SMARTS) is 1. The van der Waals surface area contributed by atoms with Crippen LogP contribution < -0.4 is 4.72 Å². The molecule has 0 aromatic heterocycles. The van der Waals surface area contributed by atoms with Crippen LogP contribution in [0.15, 0.2) is 0 Å². The number of carboxylic acids is 1. The van der Waals surface area contributed by atoms with Crippen molar-refractivity contribution in [2.75, 3.05) is 7.05 Å². The van der Waals surface area contributed by atoms with Crippen LogP contribution in [0.4, 0.5) is 0 Å². The standard InChI is InChI=1S/C11H21N3O4S/c1-4-5-6-10(11(15)16)13-19(17,18)14(3)9(2)7-8-12/h9-10,13H,4-7H2,1-3H3,(H,15,16). The molecule has 8 heteroatoms. The Morgan fingerprint density at radius 2 is 2.11 bits per heavy atom. The second kappa shape index (κ2) is 8.09. The van der Waals surface area contributed by atoms with Crippen molar-refractivity contribution in [2.45, 2.75) is 51.6 Å². The average Bonchev–Trinajstić information content (AvgIpc) is 2.33. The zero-order valence-corrected chi connectivity index (χ0v) is 12.3. The summed E-state index contributed by atoms with van der Waals surface area (Å²) in [5, 5.41) is 17.5.